The van der Waals surface area contributed by atoms with Gasteiger partial charge in [0, 0.05) is 61.3 Å². The number of aliphatic imine (C=N–C) groups is 1. The molecule has 5 rings (SSSR count). The highest BCUT2D eigenvalue weighted by atomic mass is 16.5. The highest BCUT2D eigenvalue weighted by Crippen LogP contribution is 2.32. The summed E-state index contributed by atoms with van der Waals surface area (Å²) in [6.07, 6.45) is 9.46. The molecule has 4 fully saturated rings. The standard InChI is InChI=1S/C27H42N6O2.C4H8.C2H6.C2H4.CH2O/c1-6-35-21(3)24(30-27-20(2)26(7-10-29-27)32-13-15-34-16-14-32)17-25(28-4)22-18-33(19-22)23-8-11-31(5)12-9-23;1-4-2-3-4;3*1-2/h7,10,17,22-23H,4,6,8-9,11-16,18-19H2,1-3,5H3,(H,29,30);4H,2-3H2,1H3;1-2H3;1-2H2;1H2/b24-21-,25-17-;;;;. The fourth-order valence-electron chi connectivity index (χ4n) is 5.41. The van der Waals surface area contributed by atoms with Crippen LogP contribution >= 0.6 is 0 Å². The number of pyridine rings is 1. The molecule has 45 heavy (non-hydrogen) atoms. The number of carbonyl (C=O) groups is 1. The third-order valence-corrected chi connectivity index (χ3v) is 8.39. The molecule has 0 spiro atoms. The highest BCUT2D eigenvalue weighted by Gasteiger charge is 2.35. The van der Waals surface area contributed by atoms with Crippen LogP contribution in [0.4, 0.5) is 11.5 Å². The van der Waals surface area contributed by atoms with Gasteiger partial charge in [-0.15, -0.1) is 13.2 Å². The Bertz CT molecular complexity index is 1040. The van der Waals surface area contributed by atoms with E-state index in [-0.39, 0.29) is 0 Å². The maximum Gasteiger partial charge on any atom is 0.135 e. The largest absolute Gasteiger partial charge is 0.496 e. The lowest BCUT2D eigenvalue weighted by atomic mass is 9.90. The average molecular weight is 627 g/mol. The number of hydrogen-bond acceptors (Lipinski definition) is 9. The molecular formula is C36H62N6O3. The van der Waals surface area contributed by atoms with Crippen molar-refractivity contribution in [2.75, 3.05) is 76.4 Å². The minimum absolute atomic E-state index is 0.395. The quantitative estimate of drug-likeness (QED) is 0.143. The van der Waals surface area contributed by atoms with Gasteiger partial charge in [-0.2, -0.15) is 0 Å². The second-order valence-electron chi connectivity index (χ2n) is 11.5. The van der Waals surface area contributed by atoms with Crippen molar-refractivity contribution in [2.24, 2.45) is 16.8 Å². The number of anilines is 2. The van der Waals surface area contributed by atoms with Gasteiger partial charge >= 0.3 is 0 Å². The van der Waals surface area contributed by atoms with Crippen LogP contribution in [0, 0.1) is 18.8 Å². The second-order valence-corrected chi connectivity index (χ2v) is 11.5. The third-order valence-electron chi connectivity index (χ3n) is 8.39. The molecule has 0 aromatic carbocycles. The second kappa shape index (κ2) is 22.5. The molecule has 1 aliphatic carbocycles. The number of aromatic nitrogens is 1. The molecule has 1 aromatic heterocycles. The van der Waals surface area contributed by atoms with Crippen LogP contribution in [0.5, 0.6) is 0 Å². The van der Waals surface area contributed by atoms with Gasteiger partial charge in [0.15, 0.2) is 0 Å². The molecule has 3 aliphatic heterocycles. The predicted molar refractivity (Wildman–Crippen MR) is 191 cm³/mol. The first kappa shape index (κ1) is 40.0. The van der Waals surface area contributed by atoms with Crippen molar-refractivity contribution in [3.63, 3.8) is 0 Å². The lowest BCUT2D eigenvalue weighted by molar-refractivity contribution is -0.0980. The minimum atomic E-state index is 0.395. The molecule has 0 amide bonds. The van der Waals surface area contributed by atoms with Gasteiger partial charge < -0.3 is 29.4 Å². The zero-order chi connectivity index (χ0) is 33.8. The zero-order valence-electron chi connectivity index (χ0n) is 29.4. The molecule has 0 bridgehead atoms. The van der Waals surface area contributed by atoms with Gasteiger partial charge in [0.05, 0.1) is 25.5 Å². The normalized spacial score (nSPS) is 19.7. The number of rotatable bonds is 9. The van der Waals surface area contributed by atoms with Gasteiger partial charge in [0.25, 0.3) is 0 Å². The Hall–Kier alpha value is -3.01. The minimum Gasteiger partial charge on any atom is -0.496 e. The van der Waals surface area contributed by atoms with Gasteiger partial charge in [-0.3, -0.25) is 9.89 Å². The molecule has 3 saturated heterocycles. The fraction of sp³-hybridized carbons (Fsp3) is 0.639. The first-order valence-corrected chi connectivity index (χ1v) is 16.7. The summed E-state index contributed by atoms with van der Waals surface area (Å²) in [7, 11) is 2.21. The molecule has 9 nitrogen and oxygen atoms in total. The molecule has 0 atom stereocenters. The summed E-state index contributed by atoms with van der Waals surface area (Å²) >= 11 is 0. The van der Waals surface area contributed by atoms with Crippen LogP contribution in [0.25, 0.3) is 0 Å². The van der Waals surface area contributed by atoms with Gasteiger partial charge in [-0.05, 0) is 78.5 Å². The Balaban J connectivity index is 0.000000893. The topological polar surface area (TPSA) is 82.5 Å². The zero-order valence-corrected chi connectivity index (χ0v) is 29.4. The summed E-state index contributed by atoms with van der Waals surface area (Å²) in [5.41, 5.74) is 4.22. The first-order chi connectivity index (χ1) is 21.9. The Morgan fingerprint density at radius 1 is 1.11 bits per heavy atom. The van der Waals surface area contributed by atoms with Gasteiger partial charge in [-0.1, -0.05) is 33.6 Å². The van der Waals surface area contributed by atoms with E-state index in [1.807, 2.05) is 40.7 Å². The third kappa shape index (κ3) is 13.1. The summed E-state index contributed by atoms with van der Waals surface area (Å²) in [5.74, 6) is 3.15. The van der Waals surface area contributed by atoms with Gasteiger partial charge in [0.2, 0.25) is 0 Å². The number of likely N-dealkylation sites (tertiary alicyclic amines) is 2. The lowest BCUT2D eigenvalue weighted by Crippen LogP contribution is -2.55. The molecule has 9 heteroatoms. The number of carbonyl (C=O) groups excluding carboxylic acids is 1. The summed E-state index contributed by atoms with van der Waals surface area (Å²) in [6.45, 7) is 32.7. The van der Waals surface area contributed by atoms with E-state index in [0.29, 0.717) is 18.6 Å². The summed E-state index contributed by atoms with van der Waals surface area (Å²) in [4.78, 5) is 24.5. The number of allylic oxidation sites excluding steroid dienone is 2. The predicted octanol–water partition coefficient (Wildman–Crippen LogP) is 6.58. The van der Waals surface area contributed by atoms with Crippen molar-refractivity contribution in [1.82, 2.24) is 14.8 Å². The maximum atomic E-state index is 8.00. The number of nitrogens with one attached hydrogen (secondary N) is 1. The van der Waals surface area contributed by atoms with E-state index >= 15 is 0 Å². The molecular weight excluding hydrogens is 564 g/mol. The van der Waals surface area contributed by atoms with E-state index in [1.165, 1.54) is 44.5 Å². The van der Waals surface area contributed by atoms with Crippen LogP contribution in [0.1, 0.15) is 65.9 Å². The number of morpholine rings is 1. The summed E-state index contributed by atoms with van der Waals surface area (Å²) in [5, 5.41) is 3.56. The van der Waals surface area contributed by atoms with E-state index in [0.717, 1.165) is 73.8 Å². The van der Waals surface area contributed by atoms with E-state index in [1.54, 1.807) is 0 Å². The maximum absolute atomic E-state index is 8.00. The summed E-state index contributed by atoms with van der Waals surface area (Å²) < 4.78 is 11.4. The van der Waals surface area contributed by atoms with Crippen LogP contribution < -0.4 is 10.2 Å². The first-order valence-electron chi connectivity index (χ1n) is 16.7. The Kier molecular flexibility index (Phi) is 20.0. The molecule has 1 saturated carbocycles. The van der Waals surface area contributed by atoms with Crippen molar-refractivity contribution in [3.8, 4) is 0 Å². The Morgan fingerprint density at radius 3 is 2.20 bits per heavy atom. The SMILES string of the molecule is C=C.C=N/C(=C\C(Nc1nccc(N2CCOCC2)c1C)=C(/C)OCC)C1CN(C2CCN(C)CC2)C1.C=O.CC.CC1CC1. The smallest absolute Gasteiger partial charge is 0.135 e. The van der Waals surface area contributed by atoms with E-state index in [2.05, 4.69) is 82.9 Å². The Morgan fingerprint density at radius 2 is 1.69 bits per heavy atom. The summed E-state index contributed by atoms with van der Waals surface area (Å²) in [6, 6.07) is 2.78. The van der Waals surface area contributed by atoms with Gasteiger partial charge in [0.1, 0.15) is 18.4 Å². The Labute approximate surface area is 274 Å². The van der Waals surface area contributed by atoms with Crippen molar-refractivity contribution >= 4 is 25.0 Å². The molecule has 0 unspecified atom stereocenters. The number of ether oxygens (including phenoxy) is 2. The van der Waals surface area contributed by atoms with Gasteiger partial charge in [-0.25, -0.2) is 4.98 Å². The average Bonchev–Trinajstić information content (AvgIpc) is 3.86. The van der Waals surface area contributed by atoms with E-state index < -0.39 is 0 Å². The number of hydrogen-bond donors (Lipinski definition) is 1. The van der Waals surface area contributed by atoms with Crippen LogP contribution in [0.3, 0.4) is 0 Å². The molecule has 0 radical (unpaired) electrons. The van der Waals surface area contributed by atoms with Crippen molar-refractivity contribution in [2.45, 2.75) is 73.3 Å². The van der Waals surface area contributed by atoms with Crippen molar-refractivity contribution in [3.05, 3.63) is 54.2 Å². The molecule has 1 N–H and O–H groups in total. The van der Waals surface area contributed by atoms with Crippen LogP contribution in [-0.4, -0.2) is 100 Å². The number of piperidine rings is 1. The van der Waals surface area contributed by atoms with Crippen LogP contribution in [-0.2, 0) is 14.3 Å². The molecule has 4 aliphatic rings. The highest BCUT2D eigenvalue weighted by molar-refractivity contribution is 5.65. The lowest BCUT2D eigenvalue weighted by Gasteiger charge is -2.47. The monoisotopic (exact) mass is 626 g/mol. The molecule has 4 heterocycles. The number of nitrogens with zero attached hydrogens (tertiary/aromatic N) is 5. The van der Waals surface area contributed by atoms with Crippen LogP contribution in [0.15, 0.2) is 53.6 Å². The van der Waals surface area contributed by atoms with Crippen LogP contribution in [0.2, 0.25) is 0 Å². The van der Waals surface area contributed by atoms with E-state index in [4.69, 9.17) is 14.3 Å². The molecule has 1 aromatic rings. The van der Waals surface area contributed by atoms with Crippen molar-refractivity contribution < 1.29 is 14.3 Å². The van der Waals surface area contributed by atoms with Crippen molar-refractivity contribution in [1.29, 1.82) is 0 Å². The molecule has 254 valence electrons. The van der Waals surface area contributed by atoms with E-state index in [9.17, 15) is 0 Å². The fourth-order valence-corrected chi connectivity index (χ4v) is 5.41.